The molecule has 2 aromatic heterocycles. The highest BCUT2D eigenvalue weighted by atomic mass is 15.0. The van der Waals surface area contributed by atoms with Crippen LogP contribution in [-0.2, 0) is 0 Å². The number of para-hydroxylation sites is 1. The molecule has 3 rings (SSSR count). The SMILES string of the molecule is CCNc1cc2c(Nc3ccccc3)ncnc2cn1. The summed E-state index contributed by atoms with van der Waals surface area (Å²) in [5.41, 5.74) is 1.81. The number of nitrogens with zero attached hydrogens (tertiary/aromatic N) is 3. The van der Waals surface area contributed by atoms with E-state index in [2.05, 4.69) is 25.6 Å². The van der Waals surface area contributed by atoms with E-state index in [9.17, 15) is 0 Å². The number of anilines is 3. The van der Waals surface area contributed by atoms with Crippen LogP contribution >= 0.6 is 0 Å². The molecule has 2 heterocycles. The number of aromatic nitrogens is 3. The molecule has 3 aromatic rings. The van der Waals surface area contributed by atoms with Crippen molar-refractivity contribution >= 4 is 28.2 Å². The van der Waals surface area contributed by atoms with E-state index in [0.717, 1.165) is 34.8 Å². The van der Waals surface area contributed by atoms with Gasteiger partial charge in [0.1, 0.15) is 18.0 Å². The molecule has 0 radical (unpaired) electrons. The van der Waals surface area contributed by atoms with Gasteiger partial charge in [-0.2, -0.15) is 0 Å². The van der Waals surface area contributed by atoms with Gasteiger partial charge in [0, 0.05) is 17.6 Å². The van der Waals surface area contributed by atoms with Crippen molar-refractivity contribution in [3.8, 4) is 0 Å². The number of hydrogen-bond donors (Lipinski definition) is 2. The molecular formula is C15H15N5. The van der Waals surface area contributed by atoms with E-state index in [-0.39, 0.29) is 0 Å². The van der Waals surface area contributed by atoms with Crippen LogP contribution in [0.25, 0.3) is 10.9 Å². The predicted molar refractivity (Wildman–Crippen MR) is 81.2 cm³/mol. The Morgan fingerprint density at radius 3 is 2.70 bits per heavy atom. The molecule has 5 heteroatoms. The van der Waals surface area contributed by atoms with Gasteiger partial charge in [-0.3, -0.25) is 0 Å². The molecule has 0 spiro atoms. The monoisotopic (exact) mass is 265 g/mol. The van der Waals surface area contributed by atoms with Gasteiger partial charge >= 0.3 is 0 Å². The minimum atomic E-state index is 0.780. The molecule has 1 aromatic carbocycles. The summed E-state index contributed by atoms with van der Waals surface area (Å²) in [5.74, 6) is 1.61. The second-order valence-corrected chi connectivity index (χ2v) is 4.33. The van der Waals surface area contributed by atoms with Gasteiger partial charge in [0.05, 0.1) is 11.7 Å². The van der Waals surface area contributed by atoms with Crippen LogP contribution < -0.4 is 10.6 Å². The standard InChI is InChI=1S/C15H15N5/c1-2-16-14-8-12-13(9-17-14)18-10-19-15(12)20-11-6-4-3-5-7-11/h3-10H,2H2,1H3,(H,16,17)(H,18,19,20). The number of fused-ring (bicyclic) bond motifs is 1. The first-order valence-electron chi connectivity index (χ1n) is 6.53. The second-order valence-electron chi connectivity index (χ2n) is 4.33. The molecule has 0 atom stereocenters. The normalized spacial score (nSPS) is 10.4. The van der Waals surface area contributed by atoms with Crippen LogP contribution in [-0.4, -0.2) is 21.5 Å². The Morgan fingerprint density at radius 1 is 1.05 bits per heavy atom. The summed E-state index contributed by atoms with van der Waals surface area (Å²) in [5, 5.41) is 7.45. The molecular weight excluding hydrogens is 250 g/mol. The van der Waals surface area contributed by atoms with Gasteiger partial charge in [-0.05, 0) is 25.1 Å². The van der Waals surface area contributed by atoms with Crippen LogP contribution in [0.3, 0.4) is 0 Å². The fraction of sp³-hybridized carbons (Fsp3) is 0.133. The highest BCUT2D eigenvalue weighted by molar-refractivity contribution is 5.91. The first-order valence-corrected chi connectivity index (χ1v) is 6.53. The highest BCUT2D eigenvalue weighted by Gasteiger charge is 2.05. The lowest BCUT2D eigenvalue weighted by molar-refractivity contribution is 1.15. The number of pyridine rings is 1. The van der Waals surface area contributed by atoms with Crippen LogP contribution in [0.15, 0.2) is 48.9 Å². The predicted octanol–water partition coefficient (Wildman–Crippen LogP) is 3.20. The van der Waals surface area contributed by atoms with Crippen molar-refractivity contribution in [3.05, 3.63) is 48.9 Å². The van der Waals surface area contributed by atoms with E-state index < -0.39 is 0 Å². The lowest BCUT2D eigenvalue weighted by Gasteiger charge is -2.09. The van der Waals surface area contributed by atoms with E-state index >= 15 is 0 Å². The first-order chi connectivity index (χ1) is 9.86. The molecule has 0 saturated carbocycles. The summed E-state index contributed by atoms with van der Waals surface area (Å²) in [6.07, 6.45) is 3.30. The zero-order valence-corrected chi connectivity index (χ0v) is 11.2. The van der Waals surface area contributed by atoms with Crippen LogP contribution in [0.4, 0.5) is 17.3 Å². The summed E-state index contributed by atoms with van der Waals surface area (Å²) in [6.45, 7) is 2.87. The fourth-order valence-electron chi connectivity index (χ4n) is 1.99. The Hall–Kier alpha value is -2.69. The molecule has 0 amide bonds. The van der Waals surface area contributed by atoms with Crippen molar-refractivity contribution in [1.82, 2.24) is 15.0 Å². The minimum Gasteiger partial charge on any atom is -0.370 e. The molecule has 0 unspecified atom stereocenters. The maximum Gasteiger partial charge on any atom is 0.141 e. The molecule has 0 aliphatic heterocycles. The molecule has 20 heavy (non-hydrogen) atoms. The summed E-state index contributed by atoms with van der Waals surface area (Å²) >= 11 is 0. The third kappa shape index (κ3) is 2.51. The second kappa shape index (κ2) is 5.52. The van der Waals surface area contributed by atoms with Crippen molar-refractivity contribution in [1.29, 1.82) is 0 Å². The van der Waals surface area contributed by atoms with E-state index in [4.69, 9.17) is 0 Å². The van der Waals surface area contributed by atoms with Gasteiger partial charge in [-0.15, -0.1) is 0 Å². The molecule has 100 valence electrons. The molecule has 0 aliphatic carbocycles. The maximum absolute atomic E-state index is 4.33. The summed E-state index contributed by atoms with van der Waals surface area (Å²) in [4.78, 5) is 12.9. The number of rotatable bonds is 4. The zero-order valence-electron chi connectivity index (χ0n) is 11.2. The van der Waals surface area contributed by atoms with E-state index in [0.29, 0.717) is 0 Å². The van der Waals surface area contributed by atoms with Gasteiger partial charge in [0.15, 0.2) is 0 Å². The van der Waals surface area contributed by atoms with Crippen LogP contribution in [0.5, 0.6) is 0 Å². The minimum absolute atomic E-state index is 0.780. The third-order valence-corrected chi connectivity index (χ3v) is 2.92. The van der Waals surface area contributed by atoms with Crippen molar-refractivity contribution in [2.24, 2.45) is 0 Å². The van der Waals surface area contributed by atoms with Crippen LogP contribution in [0.1, 0.15) is 6.92 Å². The van der Waals surface area contributed by atoms with Crippen molar-refractivity contribution in [2.45, 2.75) is 6.92 Å². The fourth-order valence-corrected chi connectivity index (χ4v) is 1.99. The van der Waals surface area contributed by atoms with Crippen molar-refractivity contribution < 1.29 is 0 Å². The third-order valence-electron chi connectivity index (χ3n) is 2.92. The van der Waals surface area contributed by atoms with Crippen LogP contribution in [0.2, 0.25) is 0 Å². The lowest BCUT2D eigenvalue weighted by Crippen LogP contribution is -2.01. The van der Waals surface area contributed by atoms with Gasteiger partial charge in [-0.25, -0.2) is 15.0 Å². The molecule has 0 bridgehead atoms. The summed E-state index contributed by atoms with van der Waals surface area (Å²) in [6, 6.07) is 11.9. The van der Waals surface area contributed by atoms with Gasteiger partial charge < -0.3 is 10.6 Å². The molecule has 0 fully saturated rings. The summed E-state index contributed by atoms with van der Waals surface area (Å²) < 4.78 is 0. The Morgan fingerprint density at radius 2 is 1.90 bits per heavy atom. The Balaban J connectivity index is 2.03. The van der Waals surface area contributed by atoms with Crippen molar-refractivity contribution in [2.75, 3.05) is 17.2 Å². The van der Waals surface area contributed by atoms with E-state index in [1.54, 1.807) is 12.5 Å². The number of nitrogens with one attached hydrogen (secondary N) is 2. The highest BCUT2D eigenvalue weighted by Crippen LogP contribution is 2.24. The largest absolute Gasteiger partial charge is 0.370 e. The van der Waals surface area contributed by atoms with E-state index in [1.807, 2.05) is 43.3 Å². The Bertz CT molecular complexity index is 712. The Labute approximate surface area is 117 Å². The average Bonchev–Trinajstić information content (AvgIpc) is 2.49. The topological polar surface area (TPSA) is 62.7 Å². The lowest BCUT2D eigenvalue weighted by atomic mass is 10.2. The number of hydrogen-bond acceptors (Lipinski definition) is 5. The van der Waals surface area contributed by atoms with Crippen molar-refractivity contribution in [3.63, 3.8) is 0 Å². The molecule has 5 nitrogen and oxygen atoms in total. The van der Waals surface area contributed by atoms with E-state index in [1.165, 1.54) is 0 Å². The van der Waals surface area contributed by atoms with Crippen LogP contribution in [0, 0.1) is 0 Å². The molecule has 2 N–H and O–H groups in total. The molecule has 0 saturated heterocycles. The zero-order chi connectivity index (χ0) is 13.8. The van der Waals surface area contributed by atoms with Gasteiger partial charge in [-0.1, -0.05) is 18.2 Å². The number of benzene rings is 1. The quantitative estimate of drug-likeness (QED) is 0.758. The summed E-state index contributed by atoms with van der Waals surface area (Å²) in [7, 11) is 0. The smallest absolute Gasteiger partial charge is 0.141 e. The van der Waals surface area contributed by atoms with Gasteiger partial charge in [0.25, 0.3) is 0 Å². The van der Waals surface area contributed by atoms with Gasteiger partial charge in [0.2, 0.25) is 0 Å². The maximum atomic E-state index is 4.33. The average molecular weight is 265 g/mol. The Kier molecular flexibility index (Phi) is 3.41. The first kappa shape index (κ1) is 12.3. The molecule has 0 aliphatic rings.